The molecule has 0 aliphatic carbocycles. The lowest BCUT2D eigenvalue weighted by molar-refractivity contribution is -0.143. The summed E-state index contributed by atoms with van der Waals surface area (Å²) in [4.78, 5) is 24.6. The van der Waals surface area contributed by atoms with E-state index < -0.39 is 12.1 Å². The summed E-state index contributed by atoms with van der Waals surface area (Å²) < 4.78 is 5.47. The lowest BCUT2D eigenvalue weighted by Gasteiger charge is -2.22. The molecule has 0 bridgehead atoms. The molecule has 2 atom stereocenters. The van der Waals surface area contributed by atoms with Crippen molar-refractivity contribution in [2.45, 2.75) is 360 Å². The molecule has 0 saturated heterocycles. The molecule has 0 radical (unpaired) electrons. The van der Waals surface area contributed by atoms with Crippen molar-refractivity contribution >= 4 is 11.9 Å². The first kappa shape index (κ1) is 70.1. The maximum atomic E-state index is 12.5. The maximum absolute atomic E-state index is 12.5. The van der Waals surface area contributed by atoms with Crippen molar-refractivity contribution in [1.82, 2.24) is 5.32 Å². The summed E-state index contributed by atoms with van der Waals surface area (Å²) in [5, 5.41) is 23.4. The van der Waals surface area contributed by atoms with Gasteiger partial charge in [0, 0.05) is 12.8 Å². The number of carbonyl (C=O) groups excluding carboxylic acids is 2. The third-order valence-electron chi connectivity index (χ3n) is 14.9. The van der Waals surface area contributed by atoms with Crippen LogP contribution in [0, 0.1) is 0 Å². The van der Waals surface area contributed by atoms with E-state index in [0.717, 1.165) is 83.5 Å². The van der Waals surface area contributed by atoms with E-state index in [1.54, 1.807) is 0 Å². The minimum absolute atomic E-state index is 0.0256. The van der Waals surface area contributed by atoms with Crippen molar-refractivity contribution in [3.63, 3.8) is 0 Å². The molecule has 0 aliphatic heterocycles. The summed E-state index contributed by atoms with van der Waals surface area (Å²) in [6, 6.07) is -0.563. The molecular formula is C66H125NO5. The number of hydrogen-bond donors (Lipinski definition) is 3. The number of aliphatic hydroxyl groups excluding tert-OH is 2. The van der Waals surface area contributed by atoms with Gasteiger partial charge in [0.15, 0.2) is 0 Å². The number of nitrogens with one attached hydrogen (secondary N) is 1. The monoisotopic (exact) mass is 1010 g/mol. The number of hydrogen-bond acceptors (Lipinski definition) is 5. The largest absolute Gasteiger partial charge is 0.466 e. The van der Waals surface area contributed by atoms with Crippen LogP contribution in [0.2, 0.25) is 0 Å². The molecule has 1 amide bonds. The van der Waals surface area contributed by atoms with E-state index in [1.807, 2.05) is 0 Å². The van der Waals surface area contributed by atoms with Crippen LogP contribution in [0.15, 0.2) is 36.5 Å². The second-order valence-electron chi connectivity index (χ2n) is 22.1. The summed E-state index contributed by atoms with van der Waals surface area (Å²) in [6.07, 6.45) is 77.3. The fourth-order valence-electron chi connectivity index (χ4n) is 9.96. The van der Waals surface area contributed by atoms with Crippen molar-refractivity contribution in [3.05, 3.63) is 36.5 Å². The molecule has 0 aliphatic rings. The SMILES string of the molecule is CCCCC/C=C\C/C=C\CCCCCCCCCCCC(=O)OCCCCC/C=C\CCCCCCCC(=O)NC(CO)C(O)CCCCCCCCCCCCCCCCCCCCCCCCCC. The minimum atomic E-state index is -0.683. The Kier molecular flexibility index (Phi) is 60.0. The van der Waals surface area contributed by atoms with Crippen LogP contribution in [0.3, 0.4) is 0 Å². The lowest BCUT2D eigenvalue weighted by Crippen LogP contribution is -2.45. The number of esters is 1. The summed E-state index contributed by atoms with van der Waals surface area (Å²) in [6.45, 7) is 4.89. The van der Waals surface area contributed by atoms with Gasteiger partial charge in [0.05, 0.1) is 25.4 Å². The molecule has 0 rings (SSSR count). The van der Waals surface area contributed by atoms with Crippen molar-refractivity contribution in [1.29, 1.82) is 0 Å². The van der Waals surface area contributed by atoms with E-state index in [0.29, 0.717) is 25.9 Å². The van der Waals surface area contributed by atoms with Crippen molar-refractivity contribution in [2.75, 3.05) is 13.2 Å². The summed E-state index contributed by atoms with van der Waals surface area (Å²) >= 11 is 0. The molecule has 0 fully saturated rings. The molecule has 0 aromatic carbocycles. The number of carbonyl (C=O) groups is 2. The number of amides is 1. The topological polar surface area (TPSA) is 95.9 Å². The number of allylic oxidation sites excluding steroid dienone is 6. The molecule has 0 aromatic heterocycles. The zero-order valence-corrected chi connectivity index (χ0v) is 48.4. The van der Waals surface area contributed by atoms with Gasteiger partial charge in [-0.1, -0.05) is 281 Å². The summed E-state index contributed by atoms with van der Waals surface area (Å²) in [5.41, 5.74) is 0. The van der Waals surface area contributed by atoms with Gasteiger partial charge in [-0.25, -0.2) is 0 Å². The van der Waals surface area contributed by atoms with E-state index in [4.69, 9.17) is 4.74 Å². The highest BCUT2D eigenvalue weighted by Crippen LogP contribution is 2.18. The first-order chi connectivity index (χ1) is 35.5. The lowest BCUT2D eigenvalue weighted by atomic mass is 10.0. The first-order valence-corrected chi connectivity index (χ1v) is 32.2. The molecule has 0 heterocycles. The number of aliphatic hydroxyl groups is 2. The Morgan fingerprint density at radius 3 is 1.10 bits per heavy atom. The van der Waals surface area contributed by atoms with E-state index in [2.05, 4.69) is 55.6 Å². The van der Waals surface area contributed by atoms with Gasteiger partial charge in [-0.2, -0.15) is 0 Å². The molecular weight excluding hydrogens is 887 g/mol. The van der Waals surface area contributed by atoms with E-state index >= 15 is 0 Å². The van der Waals surface area contributed by atoms with Gasteiger partial charge in [-0.15, -0.1) is 0 Å². The molecule has 6 nitrogen and oxygen atoms in total. The smallest absolute Gasteiger partial charge is 0.305 e. The number of unbranched alkanes of at least 4 members (excludes halogenated alkanes) is 43. The maximum Gasteiger partial charge on any atom is 0.305 e. The zero-order chi connectivity index (χ0) is 52.2. The van der Waals surface area contributed by atoms with Gasteiger partial charge in [0.2, 0.25) is 5.91 Å². The molecule has 0 aromatic rings. The molecule has 424 valence electrons. The van der Waals surface area contributed by atoms with Crippen LogP contribution in [0.5, 0.6) is 0 Å². The van der Waals surface area contributed by atoms with Gasteiger partial charge in [0.1, 0.15) is 0 Å². The molecule has 3 N–H and O–H groups in total. The third kappa shape index (κ3) is 57.4. The van der Waals surface area contributed by atoms with Crippen LogP contribution in [0.25, 0.3) is 0 Å². The predicted molar refractivity (Wildman–Crippen MR) is 315 cm³/mol. The Balaban J connectivity index is 3.47. The fraction of sp³-hybridized carbons (Fsp3) is 0.879. The molecule has 0 spiro atoms. The van der Waals surface area contributed by atoms with Crippen molar-refractivity contribution < 1.29 is 24.5 Å². The standard InChI is InChI=1S/C66H125NO5/c1-3-5-7-9-11-13-15-17-19-21-23-24-25-26-27-29-30-32-34-38-42-46-50-54-58-64(69)63(62-68)67-65(70)59-55-51-47-43-39-36-37-41-45-49-53-57-61-72-66(71)60-56-52-48-44-40-35-33-31-28-22-20-18-16-14-12-10-8-6-4-2/h12,14,18,20,37,41,63-64,68-69H,3-11,13,15-17,19,21-36,38-40,42-62H2,1-2H3,(H,67,70)/b14-12-,20-18-,41-37-. The summed E-state index contributed by atoms with van der Waals surface area (Å²) in [5.74, 6) is -0.0834. The predicted octanol–water partition coefficient (Wildman–Crippen LogP) is 20.4. The average molecular weight is 1010 g/mol. The van der Waals surface area contributed by atoms with Gasteiger partial charge in [-0.05, 0) is 89.9 Å². The number of rotatable bonds is 60. The van der Waals surface area contributed by atoms with Crippen LogP contribution in [0.1, 0.15) is 348 Å². The van der Waals surface area contributed by atoms with Crippen LogP contribution >= 0.6 is 0 Å². The van der Waals surface area contributed by atoms with Gasteiger partial charge >= 0.3 is 5.97 Å². The van der Waals surface area contributed by atoms with E-state index in [1.165, 1.54) is 231 Å². The Hall–Kier alpha value is -1.92. The highest BCUT2D eigenvalue weighted by atomic mass is 16.5. The number of ether oxygens (including phenoxy) is 1. The Bertz CT molecular complexity index is 1170. The van der Waals surface area contributed by atoms with Crippen molar-refractivity contribution in [3.8, 4) is 0 Å². The zero-order valence-electron chi connectivity index (χ0n) is 48.4. The summed E-state index contributed by atoms with van der Waals surface area (Å²) in [7, 11) is 0. The second-order valence-corrected chi connectivity index (χ2v) is 22.1. The van der Waals surface area contributed by atoms with E-state index in [9.17, 15) is 19.8 Å². The Morgan fingerprint density at radius 2 is 0.694 bits per heavy atom. The highest BCUT2D eigenvalue weighted by Gasteiger charge is 2.20. The molecule has 0 saturated carbocycles. The van der Waals surface area contributed by atoms with Gasteiger partial charge in [-0.3, -0.25) is 9.59 Å². The average Bonchev–Trinajstić information content (AvgIpc) is 3.38. The highest BCUT2D eigenvalue weighted by molar-refractivity contribution is 5.76. The van der Waals surface area contributed by atoms with Crippen molar-refractivity contribution in [2.24, 2.45) is 0 Å². The van der Waals surface area contributed by atoms with Crippen LogP contribution in [-0.2, 0) is 14.3 Å². The molecule has 72 heavy (non-hydrogen) atoms. The quantitative estimate of drug-likeness (QED) is 0.0320. The van der Waals surface area contributed by atoms with Crippen LogP contribution < -0.4 is 5.32 Å². The minimum Gasteiger partial charge on any atom is -0.466 e. The van der Waals surface area contributed by atoms with Crippen LogP contribution in [-0.4, -0.2) is 47.4 Å². The third-order valence-corrected chi connectivity index (χ3v) is 14.9. The Labute approximate surface area is 449 Å². The Morgan fingerprint density at radius 1 is 0.389 bits per heavy atom. The molecule has 2 unspecified atom stereocenters. The fourth-order valence-corrected chi connectivity index (χ4v) is 9.96. The van der Waals surface area contributed by atoms with Crippen LogP contribution in [0.4, 0.5) is 0 Å². The van der Waals surface area contributed by atoms with Gasteiger partial charge < -0.3 is 20.3 Å². The first-order valence-electron chi connectivity index (χ1n) is 32.2. The second kappa shape index (κ2) is 61.6. The molecule has 6 heteroatoms. The van der Waals surface area contributed by atoms with E-state index in [-0.39, 0.29) is 18.5 Å². The van der Waals surface area contributed by atoms with Gasteiger partial charge in [0.25, 0.3) is 0 Å². The normalized spacial score (nSPS) is 12.8.